The van der Waals surface area contributed by atoms with Gasteiger partial charge in [0.2, 0.25) is 0 Å². The number of rotatable bonds is 3. The maximum atomic E-state index is 13.7. The molecular weight excluding hydrogens is 366 g/mol. The topological polar surface area (TPSA) is 67.2 Å². The molecule has 2 aromatic carbocycles. The molecule has 5 rings (SSSR count). The van der Waals surface area contributed by atoms with E-state index in [0.717, 1.165) is 20.6 Å². The van der Waals surface area contributed by atoms with Gasteiger partial charge < -0.3 is 5.32 Å². The number of carbonyl (C=O) groups is 2. The molecule has 1 atom stereocenters. The third-order valence-corrected chi connectivity index (χ3v) is 5.59. The van der Waals surface area contributed by atoms with Crippen molar-refractivity contribution in [3.63, 3.8) is 0 Å². The standard InChI is InChI=1S/C20H16F2N4O2/c21-18(22)26-15-8-4-3-7-14(15)23-16(26)11-25-17(27)20(24-19(25)28)10-9-12-5-1-2-6-13(12)20/h1-8,18H,9-11H2,(H,24,28). The number of benzene rings is 2. The van der Waals surface area contributed by atoms with E-state index < -0.39 is 24.0 Å². The van der Waals surface area contributed by atoms with Gasteiger partial charge in [-0.15, -0.1) is 0 Å². The van der Waals surface area contributed by atoms with Gasteiger partial charge >= 0.3 is 12.6 Å². The molecule has 1 spiro atoms. The van der Waals surface area contributed by atoms with E-state index in [1.54, 1.807) is 24.3 Å². The Balaban J connectivity index is 1.54. The van der Waals surface area contributed by atoms with Gasteiger partial charge in [0.25, 0.3) is 5.91 Å². The fourth-order valence-electron chi connectivity index (χ4n) is 4.30. The van der Waals surface area contributed by atoms with Crippen molar-refractivity contribution in [2.75, 3.05) is 0 Å². The highest BCUT2D eigenvalue weighted by Crippen LogP contribution is 2.41. The van der Waals surface area contributed by atoms with Crippen molar-refractivity contribution >= 4 is 23.0 Å². The molecular formula is C20H16F2N4O2. The van der Waals surface area contributed by atoms with Gasteiger partial charge in [0, 0.05) is 0 Å². The van der Waals surface area contributed by atoms with Crippen LogP contribution in [0.3, 0.4) is 0 Å². The summed E-state index contributed by atoms with van der Waals surface area (Å²) in [6.07, 6.45) is 1.13. The second-order valence-electron chi connectivity index (χ2n) is 7.05. The second kappa shape index (κ2) is 5.85. The van der Waals surface area contributed by atoms with Crippen LogP contribution in [0.25, 0.3) is 11.0 Å². The molecule has 0 saturated carbocycles. The van der Waals surface area contributed by atoms with Crippen LogP contribution in [-0.2, 0) is 23.3 Å². The summed E-state index contributed by atoms with van der Waals surface area (Å²) in [6.45, 7) is -3.14. The number of fused-ring (bicyclic) bond motifs is 3. The molecule has 1 unspecified atom stereocenters. The van der Waals surface area contributed by atoms with Gasteiger partial charge in [-0.3, -0.25) is 14.3 Å². The van der Waals surface area contributed by atoms with Crippen molar-refractivity contribution in [1.29, 1.82) is 0 Å². The molecule has 8 heteroatoms. The minimum Gasteiger partial charge on any atom is -0.319 e. The Morgan fingerprint density at radius 2 is 1.86 bits per heavy atom. The van der Waals surface area contributed by atoms with E-state index in [2.05, 4.69) is 10.3 Å². The third kappa shape index (κ3) is 2.20. The smallest absolute Gasteiger partial charge is 0.319 e. The summed E-state index contributed by atoms with van der Waals surface area (Å²) in [4.78, 5) is 31.1. The second-order valence-corrected chi connectivity index (χ2v) is 7.05. The zero-order chi connectivity index (χ0) is 19.5. The Labute approximate surface area is 158 Å². The van der Waals surface area contributed by atoms with Crippen molar-refractivity contribution < 1.29 is 18.4 Å². The van der Waals surface area contributed by atoms with Gasteiger partial charge in [-0.1, -0.05) is 36.4 Å². The van der Waals surface area contributed by atoms with Crippen LogP contribution < -0.4 is 5.32 Å². The first-order valence-corrected chi connectivity index (χ1v) is 8.98. The molecule has 2 heterocycles. The van der Waals surface area contributed by atoms with Crippen LogP contribution in [0.1, 0.15) is 29.9 Å². The first-order chi connectivity index (χ1) is 13.5. The molecule has 0 radical (unpaired) electrons. The number of hydrogen-bond acceptors (Lipinski definition) is 3. The van der Waals surface area contributed by atoms with E-state index in [4.69, 9.17) is 0 Å². The number of nitrogens with one attached hydrogen (secondary N) is 1. The van der Waals surface area contributed by atoms with E-state index in [1.807, 2.05) is 24.3 Å². The number of aromatic nitrogens is 2. The Morgan fingerprint density at radius 3 is 2.68 bits per heavy atom. The largest absolute Gasteiger partial charge is 0.325 e. The van der Waals surface area contributed by atoms with Crippen molar-refractivity contribution in [2.24, 2.45) is 0 Å². The molecule has 3 amide bonds. The quantitative estimate of drug-likeness (QED) is 0.707. The molecule has 2 aliphatic rings. The number of amides is 3. The van der Waals surface area contributed by atoms with Crippen molar-refractivity contribution in [1.82, 2.24) is 19.8 Å². The number of alkyl halides is 2. The Morgan fingerprint density at radius 1 is 1.11 bits per heavy atom. The molecule has 1 fully saturated rings. The van der Waals surface area contributed by atoms with Gasteiger partial charge in [-0.05, 0) is 36.1 Å². The number of imide groups is 1. The predicted octanol–water partition coefficient (Wildman–Crippen LogP) is 3.32. The Hall–Kier alpha value is -3.29. The van der Waals surface area contributed by atoms with E-state index in [-0.39, 0.29) is 17.9 Å². The number of urea groups is 1. The molecule has 0 bridgehead atoms. The highest BCUT2D eigenvalue weighted by Gasteiger charge is 2.55. The molecule has 1 saturated heterocycles. The zero-order valence-corrected chi connectivity index (χ0v) is 14.7. The number of para-hydroxylation sites is 2. The first kappa shape index (κ1) is 16.9. The molecule has 1 aliphatic heterocycles. The van der Waals surface area contributed by atoms with E-state index in [9.17, 15) is 18.4 Å². The molecule has 1 N–H and O–H groups in total. The van der Waals surface area contributed by atoms with Crippen LogP contribution in [0.15, 0.2) is 48.5 Å². The minimum atomic E-state index is -2.83. The maximum absolute atomic E-state index is 13.7. The summed E-state index contributed by atoms with van der Waals surface area (Å²) >= 11 is 0. The Bertz CT molecular complexity index is 1130. The van der Waals surface area contributed by atoms with E-state index >= 15 is 0 Å². The fourth-order valence-corrected chi connectivity index (χ4v) is 4.30. The number of carbonyl (C=O) groups excluding carboxylic acids is 2. The lowest BCUT2D eigenvalue weighted by molar-refractivity contribution is -0.132. The number of imidazole rings is 1. The van der Waals surface area contributed by atoms with E-state index in [0.29, 0.717) is 18.4 Å². The SMILES string of the molecule is O=C1NC2(CCc3ccccc32)C(=O)N1Cc1nc2ccccc2n1C(F)F. The van der Waals surface area contributed by atoms with Gasteiger partial charge in [0.05, 0.1) is 17.6 Å². The lowest BCUT2D eigenvalue weighted by atomic mass is 9.92. The normalized spacial score (nSPS) is 21.2. The van der Waals surface area contributed by atoms with Crippen LogP contribution >= 0.6 is 0 Å². The summed E-state index contributed by atoms with van der Waals surface area (Å²) in [5.74, 6) is -0.446. The van der Waals surface area contributed by atoms with E-state index in [1.165, 1.54) is 0 Å². The summed E-state index contributed by atoms with van der Waals surface area (Å²) in [5.41, 5.74) is 1.33. The number of hydrogen-bond donors (Lipinski definition) is 1. The average molecular weight is 382 g/mol. The third-order valence-electron chi connectivity index (χ3n) is 5.59. The number of nitrogens with zero attached hydrogens (tertiary/aromatic N) is 3. The highest BCUT2D eigenvalue weighted by atomic mass is 19.3. The van der Waals surface area contributed by atoms with Crippen LogP contribution in [0, 0.1) is 0 Å². The van der Waals surface area contributed by atoms with Gasteiger partial charge in [-0.2, -0.15) is 8.78 Å². The van der Waals surface area contributed by atoms with Crippen LogP contribution in [0.4, 0.5) is 13.6 Å². The lowest BCUT2D eigenvalue weighted by Gasteiger charge is -2.22. The maximum Gasteiger partial charge on any atom is 0.325 e. The van der Waals surface area contributed by atoms with Crippen molar-refractivity contribution in [3.05, 3.63) is 65.5 Å². The number of aryl methyl sites for hydroxylation is 1. The number of halogens is 2. The predicted molar refractivity (Wildman–Crippen MR) is 96.5 cm³/mol. The minimum absolute atomic E-state index is 0.0250. The van der Waals surface area contributed by atoms with Crippen molar-refractivity contribution in [3.8, 4) is 0 Å². The molecule has 3 aromatic rings. The summed E-state index contributed by atoms with van der Waals surface area (Å²) < 4.78 is 28.1. The molecule has 28 heavy (non-hydrogen) atoms. The van der Waals surface area contributed by atoms with Crippen LogP contribution in [0.2, 0.25) is 0 Å². The summed E-state index contributed by atoms with van der Waals surface area (Å²) in [5, 5.41) is 2.80. The van der Waals surface area contributed by atoms with Gasteiger partial charge in [-0.25, -0.2) is 9.78 Å². The molecule has 1 aliphatic carbocycles. The average Bonchev–Trinajstić information content (AvgIpc) is 3.31. The highest BCUT2D eigenvalue weighted by molar-refractivity contribution is 6.08. The fraction of sp³-hybridized carbons (Fsp3) is 0.250. The first-order valence-electron chi connectivity index (χ1n) is 8.98. The van der Waals surface area contributed by atoms with Crippen LogP contribution in [-0.4, -0.2) is 26.4 Å². The molecule has 6 nitrogen and oxygen atoms in total. The molecule has 142 valence electrons. The van der Waals surface area contributed by atoms with Gasteiger partial charge in [0.1, 0.15) is 11.4 Å². The Kier molecular flexibility index (Phi) is 3.52. The monoisotopic (exact) mass is 382 g/mol. The zero-order valence-electron chi connectivity index (χ0n) is 14.7. The van der Waals surface area contributed by atoms with Gasteiger partial charge in [0.15, 0.2) is 0 Å². The van der Waals surface area contributed by atoms with Crippen LogP contribution in [0.5, 0.6) is 0 Å². The summed E-state index contributed by atoms with van der Waals surface area (Å²) in [7, 11) is 0. The molecule has 1 aromatic heterocycles. The lowest BCUT2D eigenvalue weighted by Crippen LogP contribution is -2.41. The van der Waals surface area contributed by atoms with Crippen molar-refractivity contribution in [2.45, 2.75) is 31.5 Å². The summed E-state index contributed by atoms with van der Waals surface area (Å²) in [6, 6.07) is 13.4.